The van der Waals surface area contributed by atoms with E-state index in [9.17, 15) is 18.2 Å². The van der Waals surface area contributed by atoms with Gasteiger partial charge in [0.25, 0.3) is 0 Å². The number of carbonyl (C=O) groups excluding carboxylic acids is 2. The van der Waals surface area contributed by atoms with E-state index in [0.717, 1.165) is 31.5 Å². The van der Waals surface area contributed by atoms with Crippen molar-refractivity contribution in [3.05, 3.63) is 53.5 Å². The van der Waals surface area contributed by atoms with Crippen molar-refractivity contribution in [3.8, 4) is 5.75 Å². The lowest BCUT2D eigenvalue weighted by atomic mass is 9.80. The Morgan fingerprint density at radius 3 is 2.52 bits per heavy atom. The predicted molar refractivity (Wildman–Crippen MR) is 169 cm³/mol. The Hall–Kier alpha value is -3.22. The summed E-state index contributed by atoms with van der Waals surface area (Å²) in [7, 11) is -2.53. The summed E-state index contributed by atoms with van der Waals surface area (Å²) in [6, 6.07) is 7.88. The van der Waals surface area contributed by atoms with Crippen molar-refractivity contribution in [3.63, 3.8) is 0 Å². The van der Waals surface area contributed by atoms with Gasteiger partial charge in [0.15, 0.2) is 0 Å². The molecule has 0 saturated carbocycles. The molecule has 2 aromatic rings. The van der Waals surface area contributed by atoms with E-state index in [4.69, 9.17) is 9.47 Å². The minimum atomic E-state index is -2.53. The van der Waals surface area contributed by atoms with Gasteiger partial charge in [-0.3, -0.25) is 19.2 Å². The van der Waals surface area contributed by atoms with E-state index in [2.05, 4.69) is 25.8 Å². The molecule has 240 valence electrons. The van der Waals surface area contributed by atoms with Gasteiger partial charge in [-0.2, -0.15) is 0 Å². The molecule has 0 bridgehead atoms. The van der Waals surface area contributed by atoms with Crippen LogP contribution in [0.5, 0.6) is 5.75 Å². The number of piperidine rings is 2. The van der Waals surface area contributed by atoms with Crippen molar-refractivity contribution in [1.29, 1.82) is 0 Å². The lowest BCUT2D eigenvalue weighted by Crippen LogP contribution is -2.54. The van der Waals surface area contributed by atoms with Crippen LogP contribution in [0.15, 0.2) is 36.5 Å². The number of pyridine rings is 1. The Bertz CT molecular complexity index is 1480. The fraction of sp³-hybridized carbons (Fsp3) is 0.562. The lowest BCUT2D eigenvalue weighted by Gasteiger charge is -2.47. The minimum Gasteiger partial charge on any atom is -0.487 e. The second-order valence-corrected chi connectivity index (χ2v) is 15.6. The number of nitrogens with zero attached hydrogens (tertiary/aromatic N) is 3. The summed E-state index contributed by atoms with van der Waals surface area (Å²) in [5.74, 6) is 4.57. The lowest BCUT2D eigenvalue weighted by molar-refractivity contribution is -0.141. The number of anilines is 1. The molecule has 10 nitrogen and oxygen atoms in total. The number of halogens is 1. The van der Waals surface area contributed by atoms with Crippen molar-refractivity contribution in [2.24, 2.45) is 5.92 Å². The molecule has 4 heterocycles. The zero-order chi connectivity index (χ0) is 31.7. The van der Waals surface area contributed by atoms with Crippen molar-refractivity contribution in [1.82, 2.24) is 19.5 Å². The molecular weight excluding hydrogens is 585 g/mol. The molecule has 0 radical (unpaired) electrons. The monoisotopic (exact) mass is 629 g/mol. The third-order valence-corrected chi connectivity index (χ3v) is 9.21. The summed E-state index contributed by atoms with van der Waals surface area (Å²) in [5, 5.41) is 2.69. The number of carbonyl (C=O) groups is 2. The van der Waals surface area contributed by atoms with Crippen molar-refractivity contribution in [2.75, 3.05) is 37.8 Å². The number of amides is 2. The van der Waals surface area contributed by atoms with Crippen LogP contribution in [0.4, 0.5) is 15.0 Å². The average molecular weight is 630 g/mol. The predicted octanol–water partition coefficient (Wildman–Crippen LogP) is 4.52. The molecule has 44 heavy (non-hydrogen) atoms. The van der Waals surface area contributed by atoms with E-state index < -0.39 is 27.0 Å². The van der Waals surface area contributed by atoms with E-state index in [-0.39, 0.29) is 23.7 Å². The third kappa shape index (κ3) is 8.28. The van der Waals surface area contributed by atoms with Crippen molar-refractivity contribution < 1.29 is 27.7 Å². The number of aromatic nitrogens is 1. The van der Waals surface area contributed by atoms with Crippen LogP contribution in [0.1, 0.15) is 70.0 Å². The molecule has 1 spiro atoms. The number of hydrogen-bond donors (Lipinski definition) is 2. The smallest absolute Gasteiger partial charge is 0.413 e. The fourth-order valence-corrected chi connectivity index (χ4v) is 7.20. The largest absolute Gasteiger partial charge is 0.487 e. The molecule has 3 aliphatic heterocycles. The topological polar surface area (TPSA) is 113 Å². The van der Waals surface area contributed by atoms with Gasteiger partial charge < -0.3 is 14.4 Å². The SMILES string of the molecule is C=S(C)(=O)NC1CC2(CCN(C(=O)C3CCN(Cc4ccnc(NC(=O)OC(C)(C)C)c4)CC3)CC2)Oc2ccc(F)cc21. The number of benzene rings is 1. The third-order valence-electron chi connectivity index (χ3n) is 8.42. The van der Waals surface area contributed by atoms with Crippen LogP contribution in [0.3, 0.4) is 0 Å². The zero-order valence-corrected chi connectivity index (χ0v) is 26.9. The number of ether oxygens (including phenoxy) is 2. The molecule has 1 aromatic carbocycles. The van der Waals surface area contributed by atoms with Crippen LogP contribution in [0.2, 0.25) is 0 Å². The van der Waals surface area contributed by atoms with Gasteiger partial charge in [-0.05, 0) is 88.5 Å². The van der Waals surface area contributed by atoms with E-state index in [1.807, 2.05) is 37.8 Å². The Morgan fingerprint density at radius 2 is 1.86 bits per heavy atom. The maximum Gasteiger partial charge on any atom is 0.413 e. The molecule has 2 saturated heterocycles. The molecule has 1 aromatic heterocycles. The quantitative estimate of drug-likeness (QED) is 0.452. The Balaban J connectivity index is 1.12. The second kappa shape index (κ2) is 12.6. The summed E-state index contributed by atoms with van der Waals surface area (Å²) in [4.78, 5) is 34.2. The van der Waals surface area contributed by atoms with Crippen LogP contribution in [0.25, 0.3) is 0 Å². The maximum atomic E-state index is 14.0. The van der Waals surface area contributed by atoms with Crippen LogP contribution in [-0.4, -0.2) is 80.5 Å². The highest BCUT2D eigenvalue weighted by atomic mass is 32.2. The number of nitrogens with one attached hydrogen (secondary N) is 2. The van der Waals surface area contributed by atoms with Crippen LogP contribution >= 0.6 is 0 Å². The Kier molecular flexibility index (Phi) is 9.25. The molecule has 2 unspecified atom stereocenters. The van der Waals surface area contributed by atoms with Gasteiger partial charge in [0.2, 0.25) is 5.91 Å². The number of likely N-dealkylation sites (tertiary alicyclic amines) is 2. The van der Waals surface area contributed by atoms with Gasteiger partial charge in [-0.15, -0.1) is 0 Å². The number of fused-ring (bicyclic) bond motifs is 1. The molecule has 0 aliphatic carbocycles. The fourth-order valence-electron chi connectivity index (χ4n) is 6.39. The summed E-state index contributed by atoms with van der Waals surface area (Å²) in [5.41, 5.74) is 0.571. The maximum absolute atomic E-state index is 14.0. The standard InChI is InChI=1S/C32H44FN5O5S/c1-31(2,3)43-30(40)35-28-18-22(8-13-34-28)21-37-14-9-23(10-15-37)29(39)38-16-11-32(12-17-38)20-26(36-44(4,5)41)25-19-24(33)6-7-27(25)42-32/h6-8,13,18-19,23,26H,4,9-12,14-17,20-21H2,1-3,5H3,(H,36,41)(H,34,35,40). The summed E-state index contributed by atoms with van der Waals surface area (Å²) < 4.78 is 41.4. The molecule has 12 heteroatoms. The van der Waals surface area contributed by atoms with Crippen LogP contribution in [-0.2, 0) is 25.8 Å². The molecule has 2 atom stereocenters. The van der Waals surface area contributed by atoms with Crippen LogP contribution in [0, 0.1) is 11.7 Å². The zero-order valence-electron chi connectivity index (χ0n) is 26.1. The highest BCUT2D eigenvalue weighted by Crippen LogP contribution is 2.45. The van der Waals surface area contributed by atoms with Gasteiger partial charge in [0.05, 0.1) is 6.04 Å². The summed E-state index contributed by atoms with van der Waals surface area (Å²) in [6.07, 6.45) is 6.07. The van der Waals surface area contributed by atoms with Gasteiger partial charge >= 0.3 is 6.09 Å². The average Bonchev–Trinajstić information content (AvgIpc) is 2.92. The van der Waals surface area contributed by atoms with Crippen LogP contribution < -0.4 is 14.8 Å². The van der Waals surface area contributed by atoms with E-state index in [1.54, 1.807) is 18.5 Å². The minimum absolute atomic E-state index is 0.0246. The van der Waals surface area contributed by atoms with E-state index >= 15 is 0 Å². The first-order chi connectivity index (χ1) is 20.7. The first-order valence-corrected chi connectivity index (χ1v) is 17.3. The second-order valence-electron chi connectivity index (χ2n) is 13.4. The molecule has 3 aliphatic rings. The normalized spacial score (nSPS) is 22.0. The first kappa shape index (κ1) is 32.2. The van der Waals surface area contributed by atoms with Gasteiger partial charge in [0.1, 0.15) is 28.6 Å². The summed E-state index contributed by atoms with van der Waals surface area (Å²) >= 11 is 0. The first-order valence-electron chi connectivity index (χ1n) is 15.2. The Labute approximate surface area is 259 Å². The summed E-state index contributed by atoms with van der Waals surface area (Å²) in [6.45, 7) is 8.90. The molecule has 2 N–H and O–H groups in total. The van der Waals surface area contributed by atoms with E-state index in [1.165, 1.54) is 12.1 Å². The molecular formula is C32H44FN5O5S. The van der Waals surface area contributed by atoms with Crippen molar-refractivity contribution in [2.45, 2.75) is 76.7 Å². The number of rotatable bonds is 6. The molecule has 2 amide bonds. The Morgan fingerprint density at radius 1 is 1.16 bits per heavy atom. The van der Waals surface area contributed by atoms with Gasteiger partial charge in [0, 0.05) is 72.5 Å². The van der Waals surface area contributed by atoms with Gasteiger partial charge in [-0.25, -0.2) is 18.9 Å². The highest BCUT2D eigenvalue weighted by molar-refractivity contribution is 7.97. The van der Waals surface area contributed by atoms with E-state index in [0.29, 0.717) is 56.0 Å². The number of hydrogen-bond acceptors (Lipinski definition) is 7. The molecule has 5 rings (SSSR count). The van der Waals surface area contributed by atoms with Crippen molar-refractivity contribution >= 4 is 33.4 Å². The molecule has 2 fully saturated rings. The highest BCUT2D eigenvalue weighted by Gasteiger charge is 2.45. The van der Waals surface area contributed by atoms with Gasteiger partial charge in [-0.1, -0.05) is 0 Å².